The molecular weight excluding hydrogens is 220 g/mol. The van der Waals surface area contributed by atoms with Gasteiger partial charge in [-0.1, -0.05) is 36.3 Å². The lowest BCUT2D eigenvalue weighted by molar-refractivity contribution is 0.414. The molecule has 0 N–H and O–H groups in total. The summed E-state index contributed by atoms with van der Waals surface area (Å²) in [5.74, 6) is 3.68. The van der Waals surface area contributed by atoms with Gasteiger partial charge in [-0.25, -0.2) is 0 Å². The van der Waals surface area contributed by atoms with Gasteiger partial charge in [0.15, 0.2) is 0 Å². The Morgan fingerprint density at radius 1 is 1.06 bits per heavy atom. The van der Waals surface area contributed by atoms with Gasteiger partial charge in [0.1, 0.15) is 5.75 Å². The highest BCUT2D eigenvalue weighted by molar-refractivity contribution is 5.66. The number of terminal acetylenes is 1. The summed E-state index contributed by atoms with van der Waals surface area (Å²) in [4.78, 5) is 0. The zero-order valence-corrected chi connectivity index (χ0v) is 10.7. The summed E-state index contributed by atoms with van der Waals surface area (Å²) in [7, 11) is 1.68. The molecule has 0 aliphatic carbocycles. The Balaban J connectivity index is 2.52. The Morgan fingerprint density at radius 2 is 1.78 bits per heavy atom. The average Bonchev–Trinajstić information content (AvgIpc) is 2.46. The summed E-state index contributed by atoms with van der Waals surface area (Å²) in [5, 5.41) is 0. The fraction of sp³-hybridized carbons (Fsp3) is 0.176. The molecule has 1 heteroatoms. The van der Waals surface area contributed by atoms with Crippen LogP contribution in [0.2, 0.25) is 0 Å². The van der Waals surface area contributed by atoms with Crippen LogP contribution in [0.1, 0.15) is 18.4 Å². The van der Waals surface area contributed by atoms with Gasteiger partial charge >= 0.3 is 0 Å². The Kier molecular flexibility index (Phi) is 3.69. The summed E-state index contributed by atoms with van der Waals surface area (Å²) in [6.45, 7) is 2.02. The number of benzene rings is 2. The summed E-state index contributed by atoms with van der Waals surface area (Å²) in [5.41, 5.74) is 3.41. The van der Waals surface area contributed by atoms with Crippen molar-refractivity contribution in [2.45, 2.75) is 12.8 Å². The number of rotatable bonds is 3. The van der Waals surface area contributed by atoms with Crippen LogP contribution in [0.4, 0.5) is 0 Å². The second-order valence-corrected chi connectivity index (χ2v) is 4.25. The minimum absolute atomic E-state index is 0.0857. The minimum atomic E-state index is 0.0857. The highest BCUT2D eigenvalue weighted by Crippen LogP contribution is 2.29. The van der Waals surface area contributed by atoms with Crippen LogP contribution in [0.3, 0.4) is 0 Å². The van der Waals surface area contributed by atoms with Crippen molar-refractivity contribution in [3.63, 3.8) is 0 Å². The molecule has 1 nitrogen and oxygen atoms in total. The van der Waals surface area contributed by atoms with E-state index in [4.69, 9.17) is 11.2 Å². The van der Waals surface area contributed by atoms with Crippen LogP contribution in [-0.4, -0.2) is 7.11 Å². The number of ether oxygens (including phenoxy) is 1. The Morgan fingerprint density at radius 3 is 2.39 bits per heavy atom. The first-order valence-electron chi connectivity index (χ1n) is 5.95. The van der Waals surface area contributed by atoms with Crippen LogP contribution in [-0.2, 0) is 0 Å². The standard InChI is InChI=1S/C17H16O/c1-4-13(2)15-10-16(12-17(11-15)18-3)14-8-6-5-7-9-14/h1,5-13H,2-3H3. The molecule has 0 aromatic heterocycles. The molecule has 2 rings (SSSR count). The SMILES string of the molecule is C#CC(C)c1cc(OC)cc(-c2ccccc2)c1. The smallest absolute Gasteiger partial charge is 0.119 e. The minimum Gasteiger partial charge on any atom is -0.497 e. The molecule has 0 heterocycles. The molecule has 0 saturated heterocycles. The van der Waals surface area contributed by atoms with Crippen LogP contribution in [0.5, 0.6) is 5.75 Å². The molecule has 0 spiro atoms. The summed E-state index contributed by atoms with van der Waals surface area (Å²) in [6, 6.07) is 16.4. The van der Waals surface area contributed by atoms with Gasteiger partial charge in [0.05, 0.1) is 7.11 Å². The fourth-order valence-electron chi connectivity index (χ4n) is 1.88. The summed E-state index contributed by atoms with van der Waals surface area (Å²) < 4.78 is 5.34. The number of hydrogen-bond acceptors (Lipinski definition) is 1. The Hall–Kier alpha value is -2.20. The number of hydrogen-bond donors (Lipinski definition) is 0. The van der Waals surface area contributed by atoms with Crippen molar-refractivity contribution in [2.75, 3.05) is 7.11 Å². The molecule has 0 amide bonds. The van der Waals surface area contributed by atoms with Crippen molar-refractivity contribution >= 4 is 0 Å². The zero-order chi connectivity index (χ0) is 13.0. The van der Waals surface area contributed by atoms with Gasteiger partial charge in [0.2, 0.25) is 0 Å². The van der Waals surface area contributed by atoms with Gasteiger partial charge in [-0.15, -0.1) is 6.42 Å². The zero-order valence-electron chi connectivity index (χ0n) is 10.7. The van der Waals surface area contributed by atoms with Crippen LogP contribution >= 0.6 is 0 Å². The third-order valence-electron chi connectivity index (χ3n) is 3.02. The van der Waals surface area contributed by atoms with E-state index in [1.165, 1.54) is 5.56 Å². The topological polar surface area (TPSA) is 9.23 Å². The summed E-state index contributed by atoms with van der Waals surface area (Å²) >= 11 is 0. The normalized spacial score (nSPS) is 11.6. The van der Waals surface area contributed by atoms with Crippen molar-refractivity contribution in [1.29, 1.82) is 0 Å². The van der Waals surface area contributed by atoms with E-state index >= 15 is 0 Å². The van der Waals surface area contributed by atoms with Crippen LogP contribution in [0.25, 0.3) is 11.1 Å². The monoisotopic (exact) mass is 236 g/mol. The maximum absolute atomic E-state index is 5.49. The van der Waals surface area contributed by atoms with Gasteiger partial charge < -0.3 is 4.74 Å². The lowest BCUT2D eigenvalue weighted by Crippen LogP contribution is -1.93. The van der Waals surface area contributed by atoms with Gasteiger partial charge in [-0.2, -0.15) is 0 Å². The van der Waals surface area contributed by atoms with E-state index in [-0.39, 0.29) is 5.92 Å². The molecule has 0 saturated carbocycles. The molecule has 2 aromatic rings. The molecule has 1 atom stereocenters. The molecule has 90 valence electrons. The van der Waals surface area contributed by atoms with Crippen LogP contribution in [0.15, 0.2) is 48.5 Å². The molecule has 18 heavy (non-hydrogen) atoms. The second-order valence-electron chi connectivity index (χ2n) is 4.25. The van der Waals surface area contributed by atoms with Crippen molar-refractivity contribution < 1.29 is 4.74 Å². The predicted octanol–water partition coefficient (Wildman–Crippen LogP) is 4.10. The first-order valence-corrected chi connectivity index (χ1v) is 5.95. The molecule has 0 aliphatic rings. The first-order chi connectivity index (χ1) is 8.74. The second kappa shape index (κ2) is 5.42. The van der Waals surface area contributed by atoms with E-state index in [1.54, 1.807) is 7.11 Å². The molecule has 2 aromatic carbocycles. The van der Waals surface area contributed by atoms with Crippen molar-refractivity contribution in [3.05, 3.63) is 54.1 Å². The molecular formula is C17H16O. The first kappa shape index (κ1) is 12.3. The van der Waals surface area contributed by atoms with E-state index in [9.17, 15) is 0 Å². The maximum Gasteiger partial charge on any atom is 0.119 e. The highest BCUT2D eigenvalue weighted by atomic mass is 16.5. The molecule has 0 fully saturated rings. The lowest BCUT2D eigenvalue weighted by Gasteiger charge is -2.11. The molecule has 1 unspecified atom stereocenters. The van der Waals surface area contributed by atoms with E-state index in [0.717, 1.165) is 16.9 Å². The van der Waals surface area contributed by atoms with Crippen molar-refractivity contribution in [3.8, 4) is 29.2 Å². The largest absolute Gasteiger partial charge is 0.497 e. The average molecular weight is 236 g/mol. The van der Waals surface area contributed by atoms with E-state index in [1.807, 2.05) is 37.3 Å². The van der Waals surface area contributed by atoms with Crippen molar-refractivity contribution in [2.24, 2.45) is 0 Å². The maximum atomic E-state index is 5.49. The number of methoxy groups -OCH3 is 1. The van der Waals surface area contributed by atoms with E-state index in [0.29, 0.717) is 0 Å². The van der Waals surface area contributed by atoms with Crippen molar-refractivity contribution in [1.82, 2.24) is 0 Å². The van der Waals surface area contributed by atoms with E-state index < -0.39 is 0 Å². The molecule has 0 bridgehead atoms. The fourth-order valence-corrected chi connectivity index (χ4v) is 1.88. The molecule has 0 radical (unpaired) electrons. The van der Waals surface area contributed by atoms with Crippen LogP contribution < -0.4 is 4.74 Å². The predicted molar refractivity (Wildman–Crippen MR) is 75.7 cm³/mol. The quantitative estimate of drug-likeness (QED) is 0.729. The van der Waals surface area contributed by atoms with Gasteiger partial charge in [-0.3, -0.25) is 0 Å². The Labute approximate surface area is 108 Å². The third kappa shape index (κ3) is 2.55. The highest BCUT2D eigenvalue weighted by Gasteiger charge is 2.07. The summed E-state index contributed by atoms with van der Waals surface area (Å²) in [6.07, 6.45) is 5.49. The lowest BCUT2D eigenvalue weighted by atomic mass is 9.96. The van der Waals surface area contributed by atoms with E-state index in [2.05, 4.69) is 24.1 Å². The Bertz CT molecular complexity index is 564. The van der Waals surface area contributed by atoms with Gasteiger partial charge in [0, 0.05) is 5.92 Å². The third-order valence-corrected chi connectivity index (χ3v) is 3.02. The van der Waals surface area contributed by atoms with Crippen LogP contribution in [0, 0.1) is 12.3 Å². The van der Waals surface area contributed by atoms with Gasteiger partial charge in [0.25, 0.3) is 0 Å². The van der Waals surface area contributed by atoms with Gasteiger partial charge in [-0.05, 0) is 41.8 Å². The molecule has 0 aliphatic heterocycles.